The summed E-state index contributed by atoms with van der Waals surface area (Å²) in [5.74, 6) is 1.12. The highest BCUT2D eigenvalue weighted by Gasteiger charge is 2.15. The molecule has 7 heteroatoms. The molecule has 152 valence electrons. The molecule has 0 spiro atoms. The number of rotatable bonds is 8. The molecule has 0 fully saturated rings. The van der Waals surface area contributed by atoms with Gasteiger partial charge in [-0.3, -0.25) is 10.1 Å². The van der Waals surface area contributed by atoms with Crippen LogP contribution in [-0.2, 0) is 5.75 Å². The maximum Gasteiger partial charge on any atom is 0.261 e. The van der Waals surface area contributed by atoms with Crippen LogP contribution in [0.5, 0.6) is 5.75 Å². The Morgan fingerprint density at radius 2 is 1.83 bits per heavy atom. The maximum atomic E-state index is 12.7. The molecular weight excluding hydrogens is 414 g/mol. The summed E-state index contributed by atoms with van der Waals surface area (Å²) in [7, 11) is 0. The molecule has 1 amide bonds. The molecule has 0 atom stereocenters. The second-order valence-corrected chi connectivity index (χ2v) is 8.80. The number of ether oxygens (including phenoxy) is 1. The third-order valence-electron chi connectivity index (χ3n) is 4.45. The molecule has 0 aliphatic carbocycles. The summed E-state index contributed by atoms with van der Waals surface area (Å²) in [5.41, 5.74) is 1.74. The molecule has 4 aromatic rings. The van der Waals surface area contributed by atoms with Crippen molar-refractivity contribution in [3.8, 4) is 5.75 Å². The van der Waals surface area contributed by atoms with Crippen LogP contribution in [0.1, 0.15) is 29.3 Å². The van der Waals surface area contributed by atoms with Crippen LogP contribution in [0.2, 0.25) is 0 Å². The van der Waals surface area contributed by atoms with Gasteiger partial charge in [-0.25, -0.2) is 0 Å². The molecule has 0 radical (unpaired) electrons. The van der Waals surface area contributed by atoms with Gasteiger partial charge in [-0.05, 0) is 34.9 Å². The van der Waals surface area contributed by atoms with Crippen molar-refractivity contribution in [1.29, 1.82) is 0 Å². The minimum atomic E-state index is -0.247. The minimum Gasteiger partial charge on any atom is -0.493 e. The van der Waals surface area contributed by atoms with Gasteiger partial charge in [0, 0.05) is 5.75 Å². The van der Waals surface area contributed by atoms with E-state index in [1.54, 1.807) is 23.9 Å². The van der Waals surface area contributed by atoms with Crippen molar-refractivity contribution in [2.75, 3.05) is 11.9 Å². The zero-order valence-electron chi connectivity index (χ0n) is 16.5. The Morgan fingerprint density at radius 3 is 2.73 bits per heavy atom. The Kier molecular flexibility index (Phi) is 6.61. The summed E-state index contributed by atoms with van der Waals surface area (Å²) < 4.78 is 6.49. The monoisotopic (exact) mass is 435 g/mol. The Hall–Kier alpha value is -2.90. The standard InChI is InChI=1S/C23H21N3O2S2/c1-2-14-28-20-13-6-5-12-19(20)21(27)24-22-25-26-23(30-22)29-15-17-10-7-9-16-8-3-4-11-18(16)17/h3-13H,2,14-15H2,1H3,(H,24,25,27). The quantitative estimate of drug-likeness (QED) is 0.271. The number of carbonyl (C=O) groups is 1. The predicted molar refractivity (Wildman–Crippen MR) is 124 cm³/mol. The zero-order valence-corrected chi connectivity index (χ0v) is 18.1. The molecule has 0 bridgehead atoms. The lowest BCUT2D eigenvalue weighted by molar-refractivity contribution is 0.102. The van der Waals surface area contributed by atoms with E-state index in [0.717, 1.165) is 16.5 Å². The third kappa shape index (κ3) is 4.80. The van der Waals surface area contributed by atoms with E-state index in [4.69, 9.17) is 4.74 Å². The van der Waals surface area contributed by atoms with Gasteiger partial charge in [-0.1, -0.05) is 84.6 Å². The molecular formula is C23H21N3O2S2. The number of hydrogen-bond acceptors (Lipinski definition) is 6. The van der Waals surface area contributed by atoms with E-state index >= 15 is 0 Å². The van der Waals surface area contributed by atoms with Crippen LogP contribution in [-0.4, -0.2) is 22.7 Å². The Balaban J connectivity index is 1.42. The van der Waals surface area contributed by atoms with Gasteiger partial charge in [0.2, 0.25) is 5.13 Å². The van der Waals surface area contributed by atoms with Crippen LogP contribution in [0.25, 0.3) is 10.8 Å². The van der Waals surface area contributed by atoms with Crippen molar-refractivity contribution >= 4 is 44.9 Å². The molecule has 1 aromatic heterocycles. The molecule has 0 aliphatic heterocycles. The van der Waals surface area contributed by atoms with Crippen molar-refractivity contribution in [1.82, 2.24) is 10.2 Å². The SMILES string of the molecule is CCCOc1ccccc1C(=O)Nc1nnc(SCc2cccc3ccccc23)s1. The summed E-state index contributed by atoms with van der Waals surface area (Å²) >= 11 is 2.99. The van der Waals surface area contributed by atoms with E-state index in [1.807, 2.05) is 25.1 Å². The van der Waals surface area contributed by atoms with Gasteiger partial charge < -0.3 is 4.74 Å². The lowest BCUT2D eigenvalue weighted by Gasteiger charge is -2.09. The summed E-state index contributed by atoms with van der Waals surface area (Å²) in [6, 6.07) is 21.9. The third-order valence-corrected chi connectivity index (χ3v) is 6.47. The van der Waals surface area contributed by atoms with Gasteiger partial charge in [-0.2, -0.15) is 0 Å². The number of benzene rings is 3. The lowest BCUT2D eigenvalue weighted by Crippen LogP contribution is -2.13. The van der Waals surface area contributed by atoms with Gasteiger partial charge in [-0.15, -0.1) is 10.2 Å². The van der Waals surface area contributed by atoms with Crippen molar-refractivity contribution < 1.29 is 9.53 Å². The van der Waals surface area contributed by atoms with Gasteiger partial charge in [0.1, 0.15) is 5.75 Å². The molecule has 1 N–H and O–H groups in total. The van der Waals surface area contributed by atoms with E-state index in [-0.39, 0.29) is 5.91 Å². The van der Waals surface area contributed by atoms with Gasteiger partial charge in [0.25, 0.3) is 5.91 Å². The highest BCUT2D eigenvalue weighted by Crippen LogP contribution is 2.31. The fourth-order valence-electron chi connectivity index (χ4n) is 3.03. The van der Waals surface area contributed by atoms with Crippen LogP contribution in [0.15, 0.2) is 71.1 Å². The number of para-hydroxylation sites is 1. The molecule has 0 saturated carbocycles. The predicted octanol–water partition coefficient (Wildman–Crippen LogP) is 6.02. The van der Waals surface area contributed by atoms with E-state index in [1.165, 1.54) is 27.7 Å². The average Bonchev–Trinajstić information content (AvgIpc) is 3.23. The Labute approximate surface area is 183 Å². The second-order valence-electron chi connectivity index (χ2n) is 6.60. The van der Waals surface area contributed by atoms with E-state index in [0.29, 0.717) is 23.1 Å². The average molecular weight is 436 g/mol. The maximum absolute atomic E-state index is 12.7. The number of amides is 1. The van der Waals surface area contributed by atoms with E-state index < -0.39 is 0 Å². The Morgan fingerprint density at radius 1 is 1.03 bits per heavy atom. The number of thioether (sulfide) groups is 1. The largest absolute Gasteiger partial charge is 0.493 e. The highest BCUT2D eigenvalue weighted by molar-refractivity contribution is 8.00. The van der Waals surface area contributed by atoms with Crippen LogP contribution in [0.3, 0.4) is 0 Å². The van der Waals surface area contributed by atoms with Crippen LogP contribution in [0.4, 0.5) is 5.13 Å². The topological polar surface area (TPSA) is 64.1 Å². The zero-order chi connectivity index (χ0) is 20.8. The van der Waals surface area contributed by atoms with Crippen molar-refractivity contribution in [2.45, 2.75) is 23.4 Å². The van der Waals surface area contributed by atoms with Gasteiger partial charge in [0.05, 0.1) is 12.2 Å². The van der Waals surface area contributed by atoms with Gasteiger partial charge >= 0.3 is 0 Å². The molecule has 30 heavy (non-hydrogen) atoms. The molecule has 1 heterocycles. The fraction of sp³-hybridized carbons (Fsp3) is 0.174. The van der Waals surface area contributed by atoms with Crippen molar-refractivity contribution in [3.63, 3.8) is 0 Å². The van der Waals surface area contributed by atoms with Crippen LogP contribution < -0.4 is 10.1 Å². The highest BCUT2D eigenvalue weighted by atomic mass is 32.2. The number of aromatic nitrogens is 2. The van der Waals surface area contributed by atoms with Gasteiger partial charge in [0.15, 0.2) is 4.34 Å². The summed E-state index contributed by atoms with van der Waals surface area (Å²) in [6.45, 7) is 2.60. The first kappa shape index (κ1) is 20.4. The lowest BCUT2D eigenvalue weighted by atomic mass is 10.1. The summed E-state index contributed by atoms with van der Waals surface area (Å²) in [5, 5.41) is 14.1. The van der Waals surface area contributed by atoms with Crippen molar-refractivity contribution in [2.24, 2.45) is 0 Å². The first-order chi connectivity index (χ1) is 14.7. The molecule has 0 unspecified atom stereocenters. The molecule has 3 aromatic carbocycles. The number of fused-ring (bicyclic) bond motifs is 1. The molecule has 5 nitrogen and oxygen atoms in total. The first-order valence-corrected chi connectivity index (χ1v) is 11.5. The number of nitrogens with one attached hydrogen (secondary N) is 1. The number of carbonyl (C=O) groups excluding carboxylic acids is 1. The van der Waals surface area contributed by atoms with Crippen molar-refractivity contribution in [3.05, 3.63) is 77.9 Å². The molecule has 4 rings (SSSR count). The smallest absolute Gasteiger partial charge is 0.261 e. The normalized spacial score (nSPS) is 10.8. The molecule has 0 saturated heterocycles. The van der Waals surface area contributed by atoms with E-state index in [2.05, 4.69) is 51.9 Å². The summed E-state index contributed by atoms with van der Waals surface area (Å²) in [6.07, 6.45) is 0.879. The summed E-state index contributed by atoms with van der Waals surface area (Å²) in [4.78, 5) is 12.7. The van der Waals surface area contributed by atoms with Crippen LogP contribution >= 0.6 is 23.1 Å². The number of hydrogen-bond donors (Lipinski definition) is 1. The van der Waals surface area contributed by atoms with E-state index in [9.17, 15) is 4.79 Å². The number of anilines is 1. The Bertz CT molecular complexity index is 1150. The number of nitrogens with zero attached hydrogens (tertiary/aromatic N) is 2. The second kappa shape index (κ2) is 9.73. The first-order valence-electron chi connectivity index (χ1n) is 9.70. The molecule has 0 aliphatic rings. The fourth-order valence-corrected chi connectivity index (χ4v) is 4.78. The van der Waals surface area contributed by atoms with Crippen LogP contribution in [0, 0.1) is 0 Å². The minimum absolute atomic E-state index is 0.247.